The van der Waals surface area contributed by atoms with E-state index in [0.29, 0.717) is 22.6 Å². The number of benzene rings is 3. The van der Waals surface area contributed by atoms with Gasteiger partial charge < -0.3 is 20.9 Å². The fourth-order valence-electron chi connectivity index (χ4n) is 4.05. The molecule has 1 aliphatic rings. The molecule has 1 aliphatic heterocycles. The number of urea groups is 1. The van der Waals surface area contributed by atoms with E-state index in [1.54, 1.807) is 49.5 Å². The zero-order valence-corrected chi connectivity index (χ0v) is 18.8. The number of aryl methyl sites for hydroxylation is 2. The van der Waals surface area contributed by atoms with E-state index < -0.39 is 11.6 Å². The first-order valence-electron chi connectivity index (χ1n) is 10.7. The standard InChI is InChI=1S/C26H26N4O3/c1-17-8-12-19(13-9-17)27-23(31)16-26(21-6-4-5-7-22(21)30(3)24(26)32)29-25(33)28-20-14-10-18(2)11-15-20/h4-15H,16H2,1-3H3,(H,27,31)(H2,28,29,33)/t26-/m1/s1. The van der Waals surface area contributed by atoms with Gasteiger partial charge >= 0.3 is 6.03 Å². The Morgan fingerprint density at radius 3 is 1.97 bits per heavy atom. The van der Waals surface area contributed by atoms with Crippen molar-refractivity contribution in [2.45, 2.75) is 25.8 Å². The number of rotatable bonds is 5. The summed E-state index contributed by atoms with van der Waals surface area (Å²) in [4.78, 5) is 40.9. The van der Waals surface area contributed by atoms with Crippen LogP contribution in [0.3, 0.4) is 0 Å². The molecule has 0 aliphatic carbocycles. The number of para-hydroxylation sites is 1. The molecule has 33 heavy (non-hydrogen) atoms. The maximum Gasteiger partial charge on any atom is 0.320 e. The molecule has 0 spiro atoms. The first kappa shape index (κ1) is 22.1. The lowest BCUT2D eigenvalue weighted by atomic mass is 9.87. The quantitative estimate of drug-likeness (QED) is 0.549. The summed E-state index contributed by atoms with van der Waals surface area (Å²) < 4.78 is 0. The van der Waals surface area contributed by atoms with E-state index in [0.717, 1.165) is 11.1 Å². The van der Waals surface area contributed by atoms with Gasteiger partial charge in [0.1, 0.15) is 0 Å². The Morgan fingerprint density at radius 1 is 0.818 bits per heavy atom. The second-order valence-corrected chi connectivity index (χ2v) is 8.32. The topological polar surface area (TPSA) is 90.5 Å². The van der Waals surface area contributed by atoms with E-state index in [1.807, 2.05) is 44.2 Å². The van der Waals surface area contributed by atoms with Gasteiger partial charge in [0.15, 0.2) is 5.54 Å². The van der Waals surface area contributed by atoms with Gasteiger partial charge in [-0.3, -0.25) is 9.59 Å². The highest BCUT2D eigenvalue weighted by Crippen LogP contribution is 2.41. The van der Waals surface area contributed by atoms with Gasteiger partial charge in [-0.25, -0.2) is 4.79 Å². The van der Waals surface area contributed by atoms with Crippen LogP contribution in [0.2, 0.25) is 0 Å². The smallest absolute Gasteiger partial charge is 0.320 e. The van der Waals surface area contributed by atoms with Crippen molar-refractivity contribution in [3.63, 3.8) is 0 Å². The first-order valence-corrected chi connectivity index (χ1v) is 10.7. The number of amides is 4. The number of nitrogens with zero attached hydrogens (tertiary/aromatic N) is 1. The third kappa shape index (κ3) is 4.43. The molecule has 0 aromatic heterocycles. The summed E-state index contributed by atoms with van der Waals surface area (Å²) in [5.74, 6) is -0.755. The van der Waals surface area contributed by atoms with Crippen molar-refractivity contribution < 1.29 is 14.4 Å². The minimum absolute atomic E-state index is 0.248. The minimum atomic E-state index is -1.53. The van der Waals surface area contributed by atoms with Crippen LogP contribution in [0.1, 0.15) is 23.1 Å². The highest BCUT2D eigenvalue weighted by Gasteiger charge is 2.52. The van der Waals surface area contributed by atoms with Gasteiger partial charge in [-0.15, -0.1) is 0 Å². The molecule has 3 N–H and O–H groups in total. The molecule has 4 amide bonds. The number of fused-ring (bicyclic) bond motifs is 1. The van der Waals surface area contributed by atoms with Crippen molar-refractivity contribution in [3.8, 4) is 0 Å². The van der Waals surface area contributed by atoms with E-state index >= 15 is 0 Å². The molecule has 4 rings (SSSR count). The lowest BCUT2D eigenvalue weighted by molar-refractivity contribution is -0.128. The zero-order valence-electron chi connectivity index (χ0n) is 18.8. The number of nitrogens with one attached hydrogen (secondary N) is 3. The van der Waals surface area contributed by atoms with E-state index in [-0.39, 0.29) is 18.2 Å². The third-order valence-corrected chi connectivity index (χ3v) is 5.79. The van der Waals surface area contributed by atoms with Crippen LogP contribution in [0.4, 0.5) is 21.9 Å². The molecule has 0 unspecified atom stereocenters. The number of carbonyl (C=O) groups is 3. The number of hydrogen-bond donors (Lipinski definition) is 3. The van der Waals surface area contributed by atoms with Crippen LogP contribution in [0.25, 0.3) is 0 Å². The van der Waals surface area contributed by atoms with Crippen molar-refractivity contribution in [1.82, 2.24) is 5.32 Å². The Balaban J connectivity index is 1.63. The van der Waals surface area contributed by atoms with Crippen LogP contribution < -0.4 is 20.9 Å². The lowest BCUT2D eigenvalue weighted by Gasteiger charge is -2.29. The average Bonchev–Trinajstić information content (AvgIpc) is 2.99. The van der Waals surface area contributed by atoms with Crippen LogP contribution in [0, 0.1) is 13.8 Å². The Morgan fingerprint density at radius 2 is 1.36 bits per heavy atom. The highest BCUT2D eigenvalue weighted by atomic mass is 16.2. The maximum absolute atomic E-state index is 13.5. The Bertz CT molecular complexity index is 1140. The molecule has 168 valence electrons. The summed E-state index contributed by atoms with van der Waals surface area (Å²) in [7, 11) is 1.64. The SMILES string of the molecule is Cc1ccc(NC(=O)C[C@]2(NC(=O)Nc3ccc(C)cc3)C(=O)N(C)c3ccccc32)cc1. The predicted octanol–water partition coefficient (Wildman–Crippen LogP) is 4.33. The molecule has 7 heteroatoms. The van der Waals surface area contributed by atoms with E-state index in [2.05, 4.69) is 16.0 Å². The fourth-order valence-corrected chi connectivity index (χ4v) is 4.05. The molecule has 1 atom stereocenters. The molecular formula is C26H26N4O3. The molecule has 0 fully saturated rings. The molecule has 0 saturated heterocycles. The van der Waals surface area contributed by atoms with Gasteiger partial charge in [0.25, 0.3) is 5.91 Å². The number of anilines is 3. The Labute approximate surface area is 192 Å². The monoisotopic (exact) mass is 442 g/mol. The Kier molecular flexibility index (Phi) is 5.87. The molecule has 0 saturated carbocycles. The van der Waals surface area contributed by atoms with Crippen LogP contribution in [0.15, 0.2) is 72.8 Å². The molecule has 0 radical (unpaired) electrons. The highest BCUT2D eigenvalue weighted by molar-refractivity contribution is 6.12. The number of likely N-dealkylation sites (N-methyl/N-ethyl adjacent to an activating group) is 1. The predicted molar refractivity (Wildman–Crippen MR) is 129 cm³/mol. The summed E-state index contributed by atoms with van der Waals surface area (Å²) in [6.45, 7) is 3.91. The van der Waals surface area contributed by atoms with E-state index in [9.17, 15) is 14.4 Å². The number of hydrogen-bond acceptors (Lipinski definition) is 3. The molecule has 1 heterocycles. The summed E-state index contributed by atoms with van der Waals surface area (Å²) in [6.07, 6.45) is -0.248. The number of carbonyl (C=O) groups excluding carboxylic acids is 3. The van der Waals surface area contributed by atoms with Crippen LogP contribution in [-0.2, 0) is 15.1 Å². The fraction of sp³-hybridized carbons (Fsp3) is 0.192. The van der Waals surface area contributed by atoms with E-state index in [1.165, 1.54) is 4.90 Å². The summed E-state index contributed by atoms with van der Waals surface area (Å²) in [6, 6.07) is 21.3. The largest absolute Gasteiger partial charge is 0.326 e. The van der Waals surface area contributed by atoms with Gasteiger partial charge in [0, 0.05) is 29.7 Å². The maximum atomic E-state index is 13.5. The van der Waals surface area contributed by atoms with E-state index in [4.69, 9.17) is 0 Å². The van der Waals surface area contributed by atoms with Gasteiger partial charge in [-0.1, -0.05) is 53.6 Å². The zero-order chi connectivity index (χ0) is 23.6. The second-order valence-electron chi connectivity index (χ2n) is 8.32. The van der Waals surface area contributed by atoms with Crippen molar-refractivity contribution in [2.24, 2.45) is 0 Å². The summed E-state index contributed by atoms with van der Waals surface area (Å²) in [5, 5.41) is 8.41. The van der Waals surface area contributed by atoms with Gasteiger partial charge in [0.05, 0.1) is 6.42 Å². The van der Waals surface area contributed by atoms with Crippen molar-refractivity contribution >= 4 is 34.9 Å². The van der Waals surface area contributed by atoms with Crippen LogP contribution >= 0.6 is 0 Å². The lowest BCUT2D eigenvalue weighted by Crippen LogP contribution is -2.55. The molecule has 3 aromatic carbocycles. The summed E-state index contributed by atoms with van der Waals surface area (Å²) in [5.41, 5.74) is 3.04. The second kappa shape index (κ2) is 8.78. The normalized spacial score (nSPS) is 16.8. The van der Waals surface area contributed by atoms with Gasteiger partial charge in [-0.2, -0.15) is 0 Å². The van der Waals surface area contributed by atoms with Crippen LogP contribution in [-0.4, -0.2) is 24.9 Å². The average molecular weight is 443 g/mol. The molecule has 0 bridgehead atoms. The third-order valence-electron chi connectivity index (χ3n) is 5.79. The minimum Gasteiger partial charge on any atom is -0.326 e. The summed E-state index contributed by atoms with van der Waals surface area (Å²) >= 11 is 0. The molecular weight excluding hydrogens is 416 g/mol. The van der Waals surface area contributed by atoms with Crippen LogP contribution in [0.5, 0.6) is 0 Å². The molecule has 7 nitrogen and oxygen atoms in total. The van der Waals surface area contributed by atoms with Gasteiger partial charge in [-0.05, 0) is 44.2 Å². The van der Waals surface area contributed by atoms with Crippen molar-refractivity contribution in [2.75, 3.05) is 22.6 Å². The van der Waals surface area contributed by atoms with Gasteiger partial charge in [0.2, 0.25) is 5.91 Å². The van der Waals surface area contributed by atoms with Crippen molar-refractivity contribution in [3.05, 3.63) is 89.5 Å². The Hall–Kier alpha value is -4.13. The van der Waals surface area contributed by atoms with Crippen molar-refractivity contribution in [1.29, 1.82) is 0 Å². The first-order chi connectivity index (χ1) is 15.8. The molecule has 3 aromatic rings.